The van der Waals surface area contributed by atoms with Crippen LogP contribution in [0.25, 0.3) is 21.9 Å². The first-order valence-electron chi connectivity index (χ1n) is 9.64. The van der Waals surface area contributed by atoms with E-state index in [9.17, 15) is 9.18 Å². The van der Waals surface area contributed by atoms with E-state index in [1.54, 1.807) is 37.6 Å². The van der Waals surface area contributed by atoms with Gasteiger partial charge in [-0.05, 0) is 37.2 Å². The molecule has 8 nitrogen and oxygen atoms in total. The summed E-state index contributed by atoms with van der Waals surface area (Å²) >= 11 is 0. The average Bonchev–Trinajstić information content (AvgIpc) is 3.37. The van der Waals surface area contributed by atoms with Crippen molar-refractivity contribution in [3.63, 3.8) is 0 Å². The Balaban J connectivity index is 1.47. The minimum absolute atomic E-state index is 0.0593. The molecule has 1 aliphatic heterocycles. The third kappa shape index (κ3) is 3.33. The highest BCUT2D eigenvalue weighted by Gasteiger charge is 2.20. The summed E-state index contributed by atoms with van der Waals surface area (Å²) in [4.78, 5) is 21.7. The Kier molecular flexibility index (Phi) is 4.51. The number of amides is 1. The van der Waals surface area contributed by atoms with Crippen LogP contribution in [0.1, 0.15) is 16.8 Å². The van der Waals surface area contributed by atoms with Crippen molar-refractivity contribution in [2.24, 2.45) is 7.05 Å². The normalized spacial score (nSPS) is 16.3. The largest absolute Gasteiger partial charge is 0.487 e. The maximum Gasteiger partial charge on any atom is 0.257 e. The smallest absolute Gasteiger partial charge is 0.257 e. The van der Waals surface area contributed by atoms with Crippen LogP contribution in [0.5, 0.6) is 5.75 Å². The molecule has 3 heterocycles. The molecule has 0 spiro atoms. The van der Waals surface area contributed by atoms with Crippen LogP contribution < -0.4 is 15.4 Å². The van der Waals surface area contributed by atoms with Gasteiger partial charge in [0.15, 0.2) is 5.82 Å². The molecule has 0 unspecified atom stereocenters. The van der Waals surface area contributed by atoms with Crippen molar-refractivity contribution in [2.75, 3.05) is 18.4 Å². The third-order valence-corrected chi connectivity index (χ3v) is 5.08. The Hall–Kier alpha value is -3.59. The lowest BCUT2D eigenvalue weighted by Gasteiger charge is -2.15. The summed E-state index contributed by atoms with van der Waals surface area (Å²) in [7, 11) is 1.72. The van der Waals surface area contributed by atoms with Crippen LogP contribution in [0.3, 0.4) is 0 Å². The van der Waals surface area contributed by atoms with E-state index in [2.05, 4.69) is 25.7 Å². The maximum atomic E-state index is 14.3. The van der Waals surface area contributed by atoms with Gasteiger partial charge in [-0.3, -0.25) is 14.5 Å². The summed E-state index contributed by atoms with van der Waals surface area (Å²) < 4.78 is 21.9. The fourth-order valence-electron chi connectivity index (χ4n) is 3.70. The van der Waals surface area contributed by atoms with Gasteiger partial charge in [-0.15, -0.1) is 0 Å². The van der Waals surface area contributed by atoms with E-state index in [0.717, 1.165) is 19.5 Å². The number of anilines is 1. The van der Waals surface area contributed by atoms with Crippen molar-refractivity contribution in [1.82, 2.24) is 25.1 Å². The van der Waals surface area contributed by atoms with Gasteiger partial charge in [0.25, 0.3) is 5.91 Å². The van der Waals surface area contributed by atoms with E-state index in [0.29, 0.717) is 33.4 Å². The molecule has 2 aromatic heterocycles. The molecule has 0 saturated carbocycles. The van der Waals surface area contributed by atoms with Crippen molar-refractivity contribution >= 4 is 33.5 Å². The van der Waals surface area contributed by atoms with Gasteiger partial charge in [0.2, 0.25) is 0 Å². The van der Waals surface area contributed by atoms with Crippen molar-refractivity contribution < 1.29 is 13.9 Å². The predicted octanol–water partition coefficient (Wildman–Crippen LogP) is 2.65. The Morgan fingerprint density at radius 3 is 2.87 bits per heavy atom. The van der Waals surface area contributed by atoms with Gasteiger partial charge in [0.1, 0.15) is 28.4 Å². The minimum Gasteiger partial charge on any atom is -0.487 e. The number of hydrogen-bond donors (Lipinski definition) is 2. The Labute approximate surface area is 171 Å². The fourth-order valence-corrected chi connectivity index (χ4v) is 3.70. The molecule has 0 bridgehead atoms. The van der Waals surface area contributed by atoms with Gasteiger partial charge in [-0.25, -0.2) is 9.37 Å². The molecule has 0 radical (unpaired) electrons. The zero-order valence-electron chi connectivity index (χ0n) is 16.2. The van der Waals surface area contributed by atoms with Crippen molar-refractivity contribution in [3.05, 3.63) is 54.2 Å². The topological polar surface area (TPSA) is 94.0 Å². The monoisotopic (exact) mass is 406 g/mol. The number of fused-ring (bicyclic) bond motifs is 2. The summed E-state index contributed by atoms with van der Waals surface area (Å²) in [5.74, 6) is -0.314. The molecule has 2 aromatic carbocycles. The molecule has 1 amide bonds. The van der Waals surface area contributed by atoms with Gasteiger partial charge in [-0.2, -0.15) is 5.10 Å². The molecule has 1 aliphatic rings. The SMILES string of the molecule is Cn1cc2cc(NC(=O)c3ccc(O[C@H]4CCNC4)c4nccnc34)cc(F)c2n1. The summed E-state index contributed by atoms with van der Waals surface area (Å²) in [6.45, 7) is 1.68. The van der Waals surface area contributed by atoms with E-state index in [-0.39, 0.29) is 11.6 Å². The van der Waals surface area contributed by atoms with Crippen LogP contribution >= 0.6 is 0 Å². The number of ether oxygens (including phenoxy) is 1. The zero-order valence-corrected chi connectivity index (χ0v) is 16.2. The van der Waals surface area contributed by atoms with Crippen LogP contribution in [0.2, 0.25) is 0 Å². The second-order valence-electron chi connectivity index (χ2n) is 7.25. The van der Waals surface area contributed by atoms with Gasteiger partial charge in [0.05, 0.1) is 5.56 Å². The lowest BCUT2D eigenvalue weighted by Crippen LogP contribution is -2.20. The van der Waals surface area contributed by atoms with Crippen LogP contribution in [0.4, 0.5) is 10.1 Å². The van der Waals surface area contributed by atoms with Crippen molar-refractivity contribution in [3.8, 4) is 5.75 Å². The van der Waals surface area contributed by atoms with E-state index in [4.69, 9.17) is 4.74 Å². The lowest BCUT2D eigenvalue weighted by atomic mass is 10.1. The Morgan fingerprint density at radius 2 is 2.07 bits per heavy atom. The molecule has 5 rings (SSSR count). The molecular formula is C21H19FN6O2. The Bertz CT molecular complexity index is 1270. The molecule has 1 atom stereocenters. The average molecular weight is 406 g/mol. The van der Waals surface area contributed by atoms with Gasteiger partial charge < -0.3 is 15.4 Å². The molecule has 0 aliphatic carbocycles. The van der Waals surface area contributed by atoms with Crippen LogP contribution in [0.15, 0.2) is 42.9 Å². The van der Waals surface area contributed by atoms with Gasteiger partial charge >= 0.3 is 0 Å². The number of carbonyl (C=O) groups excluding carboxylic acids is 1. The van der Waals surface area contributed by atoms with Crippen LogP contribution in [-0.4, -0.2) is 44.8 Å². The van der Waals surface area contributed by atoms with E-state index in [1.165, 1.54) is 16.9 Å². The quantitative estimate of drug-likeness (QED) is 0.541. The summed E-state index contributed by atoms with van der Waals surface area (Å²) in [5, 5.41) is 10.7. The van der Waals surface area contributed by atoms with E-state index >= 15 is 0 Å². The first kappa shape index (κ1) is 18.4. The van der Waals surface area contributed by atoms with Gasteiger partial charge in [-0.1, -0.05) is 0 Å². The molecule has 9 heteroatoms. The second-order valence-corrected chi connectivity index (χ2v) is 7.25. The number of benzene rings is 2. The standard InChI is InChI=1S/C21H19FN6O2/c1-28-11-12-8-13(9-16(22)18(12)27-28)26-21(29)15-2-3-17(30-14-4-5-23-10-14)20-19(15)24-6-7-25-20/h2-3,6-9,11,14,23H,4-5,10H2,1H3,(H,26,29)/t14-/m0/s1. The molecule has 1 fully saturated rings. The number of hydrogen-bond acceptors (Lipinski definition) is 6. The third-order valence-electron chi connectivity index (χ3n) is 5.08. The van der Waals surface area contributed by atoms with Crippen LogP contribution in [-0.2, 0) is 7.05 Å². The van der Waals surface area contributed by atoms with Crippen molar-refractivity contribution in [2.45, 2.75) is 12.5 Å². The second kappa shape index (κ2) is 7.34. The first-order valence-corrected chi connectivity index (χ1v) is 9.64. The number of nitrogens with zero attached hydrogens (tertiary/aromatic N) is 4. The summed E-state index contributed by atoms with van der Waals surface area (Å²) in [6.07, 6.45) is 5.76. The van der Waals surface area contributed by atoms with E-state index in [1.807, 2.05) is 0 Å². The highest BCUT2D eigenvalue weighted by molar-refractivity contribution is 6.12. The molecule has 152 valence electrons. The highest BCUT2D eigenvalue weighted by atomic mass is 19.1. The zero-order chi connectivity index (χ0) is 20.7. The van der Waals surface area contributed by atoms with Gasteiger partial charge in [0, 0.05) is 43.3 Å². The molecular weight excluding hydrogens is 387 g/mol. The van der Waals surface area contributed by atoms with Crippen LogP contribution in [0, 0.1) is 5.82 Å². The molecule has 1 saturated heterocycles. The highest BCUT2D eigenvalue weighted by Crippen LogP contribution is 2.28. The number of aryl methyl sites for hydroxylation is 1. The summed E-state index contributed by atoms with van der Waals surface area (Å²) in [6, 6.07) is 6.32. The maximum absolute atomic E-state index is 14.3. The number of carbonyl (C=O) groups is 1. The lowest BCUT2D eigenvalue weighted by molar-refractivity contribution is 0.102. The number of halogens is 1. The molecule has 30 heavy (non-hydrogen) atoms. The minimum atomic E-state index is -0.498. The number of aromatic nitrogens is 4. The number of nitrogens with one attached hydrogen (secondary N) is 2. The first-order chi connectivity index (χ1) is 14.6. The predicted molar refractivity (Wildman–Crippen MR) is 110 cm³/mol. The fraction of sp³-hybridized carbons (Fsp3) is 0.238. The molecule has 2 N–H and O–H groups in total. The van der Waals surface area contributed by atoms with E-state index < -0.39 is 11.7 Å². The number of rotatable bonds is 4. The Morgan fingerprint density at radius 1 is 1.23 bits per heavy atom. The summed E-state index contributed by atoms with van der Waals surface area (Å²) in [5.41, 5.74) is 1.89. The van der Waals surface area contributed by atoms with Crippen molar-refractivity contribution in [1.29, 1.82) is 0 Å². The molecule has 4 aromatic rings.